The topological polar surface area (TPSA) is 64.8 Å². The molecular weight excluding hydrogens is 454 g/mol. The van der Waals surface area contributed by atoms with E-state index in [1.54, 1.807) is 18.2 Å². The second kappa shape index (κ2) is 8.13. The number of rotatable bonds is 5. The Balaban J connectivity index is 1.24. The van der Waals surface area contributed by atoms with Crippen LogP contribution >= 0.6 is 11.3 Å². The average Bonchev–Trinajstić information content (AvgIpc) is 3.32. The molecule has 1 saturated heterocycles. The molecule has 0 unspecified atom stereocenters. The van der Waals surface area contributed by atoms with E-state index in [0.717, 1.165) is 43.7 Å². The lowest BCUT2D eigenvalue weighted by molar-refractivity contribution is -0.126. The Labute approximate surface area is 192 Å². The summed E-state index contributed by atoms with van der Waals surface area (Å²) >= 11 is 1.07. The minimum atomic E-state index is -4.25. The number of nitriles is 1. The maximum Gasteiger partial charge on any atom is 0.393 e. The van der Waals surface area contributed by atoms with Gasteiger partial charge in [0.2, 0.25) is 0 Å². The number of halogens is 4. The van der Waals surface area contributed by atoms with Crippen LogP contribution in [0.5, 0.6) is 0 Å². The van der Waals surface area contributed by atoms with Crippen molar-refractivity contribution in [3.05, 3.63) is 46.9 Å². The summed E-state index contributed by atoms with van der Waals surface area (Å²) in [5.74, 6) is 0.323. The fourth-order valence-corrected chi connectivity index (χ4v) is 6.09. The van der Waals surface area contributed by atoms with Gasteiger partial charge in [0.15, 0.2) is 0 Å². The van der Waals surface area contributed by atoms with Crippen molar-refractivity contribution in [3.63, 3.8) is 0 Å². The first-order valence-corrected chi connectivity index (χ1v) is 11.5. The quantitative estimate of drug-likeness (QED) is 0.496. The first-order valence-electron chi connectivity index (χ1n) is 10.7. The van der Waals surface area contributed by atoms with E-state index in [4.69, 9.17) is 5.26 Å². The highest BCUT2D eigenvalue weighted by Crippen LogP contribution is 2.50. The summed E-state index contributed by atoms with van der Waals surface area (Å²) < 4.78 is 52.5. The number of aromatic nitrogens is 2. The monoisotopic (exact) mass is 475 g/mol. The number of anilines is 2. The molecule has 1 spiro atoms. The average molecular weight is 476 g/mol. The number of hydrogen-bond acceptors (Lipinski definition) is 6. The summed E-state index contributed by atoms with van der Waals surface area (Å²) in [4.78, 5) is 11.6. The molecule has 0 bridgehead atoms. The van der Waals surface area contributed by atoms with Gasteiger partial charge in [-0.25, -0.2) is 14.4 Å². The molecule has 33 heavy (non-hydrogen) atoms. The summed E-state index contributed by atoms with van der Waals surface area (Å²) in [5.41, 5.74) is 1.22. The molecule has 1 aliphatic heterocycles. The zero-order valence-electron chi connectivity index (χ0n) is 17.6. The van der Waals surface area contributed by atoms with Gasteiger partial charge in [0.05, 0.1) is 24.3 Å². The number of alkyl halides is 3. The molecule has 5 nitrogen and oxygen atoms in total. The van der Waals surface area contributed by atoms with Gasteiger partial charge < -0.3 is 10.2 Å². The molecule has 2 aromatic heterocycles. The van der Waals surface area contributed by atoms with Crippen LogP contribution in [0.3, 0.4) is 0 Å². The lowest BCUT2D eigenvalue weighted by Gasteiger charge is -2.46. The zero-order chi connectivity index (χ0) is 23.2. The minimum Gasteiger partial charge on any atom is -0.382 e. The molecule has 0 atom stereocenters. The second-order valence-electron chi connectivity index (χ2n) is 8.98. The van der Waals surface area contributed by atoms with Crippen LogP contribution < -0.4 is 10.2 Å². The van der Waals surface area contributed by atoms with E-state index in [0.29, 0.717) is 27.3 Å². The highest BCUT2D eigenvalue weighted by Gasteiger charge is 2.49. The van der Waals surface area contributed by atoms with Crippen molar-refractivity contribution >= 4 is 33.1 Å². The summed E-state index contributed by atoms with van der Waals surface area (Å²) in [5, 5.41) is 12.8. The molecule has 10 heteroatoms. The molecule has 3 aromatic rings. The third kappa shape index (κ3) is 4.47. The molecule has 1 saturated carbocycles. The van der Waals surface area contributed by atoms with Gasteiger partial charge in [0, 0.05) is 35.3 Å². The molecule has 0 amide bonds. The Morgan fingerprint density at radius 2 is 2.06 bits per heavy atom. The zero-order valence-corrected chi connectivity index (χ0v) is 18.4. The van der Waals surface area contributed by atoms with Crippen LogP contribution in [0.2, 0.25) is 0 Å². The van der Waals surface area contributed by atoms with Gasteiger partial charge in [-0.05, 0) is 42.9 Å². The van der Waals surface area contributed by atoms with Crippen LogP contribution in [-0.2, 0) is 12.8 Å². The van der Waals surface area contributed by atoms with Gasteiger partial charge in [-0.3, -0.25) is 0 Å². The van der Waals surface area contributed by atoms with Crippen molar-refractivity contribution in [1.29, 1.82) is 5.26 Å². The van der Waals surface area contributed by atoms with Crippen LogP contribution in [-0.4, -0.2) is 35.3 Å². The highest BCUT2D eigenvalue weighted by atomic mass is 32.1. The molecule has 1 aliphatic carbocycles. The third-order valence-electron chi connectivity index (χ3n) is 6.52. The fraction of sp³-hybridized carbons (Fsp3) is 0.435. The lowest BCUT2D eigenvalue weighted by atomic mass is 9.65. The smallest absolute Gasteiger partial charge is 0.382 e. The number of nitrogens with zero attached hydrogens (tertiary/aromatic N) is 4. The summed E-state index contributed by atoms with van der Waals surface area (Å²) in [6, 6.07) is 8.64. The summed E-state index contributed by atoms with van der Waals surface area (Å²) in [7, 11) is 0. The number of nitrogens with one attached hydrogen (secondary N) is 1. The largest absolute Gasteiger partial charge is 0.393 e. The molecule has 0 radical (unpaired) electrons. The number of fused-ring (bicyclic) bond motifs is 1. The highest BCUT2D eigenvalue weighted by molar-refractivity contribution is 7.18. The number of thiophene rings is 1. The van der Waals surface area contributed by atoms with E-state index in [1.807, 2.05) is 6.07 Å². The van der Waals surface area contributed by atoms with E-state index in [1.165, 1.54) is 12.4 Å². The van der Waals surface area contributed by atoms with E-state index in [2.05, 4.69) is 20.2 Å². The molecule has 172 valence electrons. The van der Waals surface area contributed by atoms with Crippen LogP contribution in [0.15, 0.2) is 30.6 Å². The Morgan fingerprint density at radius 3 is 2.79 bits per heavy atom. The Bertz CT molecular complexity index is 1230. The molecule has 1 N–H and O–H groups in total. The van der Waals surface area contributed by atoms with E-state index >= 15 is 0 Å². The van der Waals surface area contributed by atoms with E-state index in [9.17, 15) is 17.6 Å². The predicted octanol–water partition coefficient (Wildman–Crippen LogP) is 5.47. The molecule has 2 fully saturated rings. The van der Waals surface area contributed by atoms with Crippen molar-refractivity contribution in [3.8, 4) is 6.07 Å². The Morgan fingerprint density at radius 1 is 1.24 bits per heavy atom. The van der Waals surface area contributed by atoms with Crippen molar-refractivity contribution < 1.29 is 17.6 Å². The third-order valence-corrected chi connectivity index (χ3v) is 7.57. The van der Waals surface area contributed by atoms with E-state index < -0.39 is 12.6 Å². The lowest BCUT2D eigenvalue weighted by Crippen LogP contribution is -2.46. The maximum absolute atomic E-state index is 14.1. The molecule has 1 aromatic carbocycles. The number of hydrogen-bond donors (Lipinski definition) is 1. The van der Waals surface area contributed by atoms with Gasteiger partial charge in [-0.1, -0.05) is 6.07 Å². The number of benzene rings is 1. The van der Waals surface area contributed by atoms with Crippen LogP contribution in [0, 0.1) is 22.6 Å². The van der Waals surface area contributed by atoms with Crippen LogP contribution in [0.4, 0.5) is 29.1 Å². The van der Waals surface area contributed by atoms with Gasteiger partial charge in [0.25, 0.3) is 0 Å². The SMILES string of the molecule is N#CCc1ccc(NC2CC3(CCN(c4ncnc5sc(CC(F)(F)F)cc45)C3)C2)cc1F. The fourth-order valence-electron chi connectivity index (χ4n) is 5.07. The van der Waals surface area contributed by atoms with Gasteiger partial charge in [-0.2, -0.15) is 18.4 Å². The molecule has 3 heterocycles. The van der Waals surface area contributed by atoms with Crippen molar-refractivity contribution in [2.45, 2.75) is 44.3 Å². The second-order valence-corrected chi connectivity index (χ2v) is 10.1. The van der Waals surface area contributed by atoms with Gasteiger partial charge in [-0.15, -0.1) is 11.3 Å². The standard InChI is InChI=1S/C23H21F4N5S/c24-19-7-15(2-1-14(19)3-5-28)31-16-9-22(10-16)4-6-32(12-22)20-18-8-17(11-23(25,26)27)33-21(18)30-13-29-20/h1-2,7-8,13,16,31H,3-4,6,9-12H2. The molecular formula is C23H21F4N5S. The van der Waals surface area contributed by atoms with Gasteiger partial charge in [0.1, 0.15) is 22.8 Å². The van der Waals surface area contributed by atoms with Crippen LogP contribution in [0.25, 0.3) is 10.2 Å². The molecule has 2 aliphatic rings. The normalized spacial score (nSPS) is 22.5. The maximum atomic E-state index is 14.1. The van der Waals surface area contributed by atoms with E-state index in [-0.39, 0.29) is 28.6 Å². The summed E-state index contributed by atoms with van der Waals surface area (Å²) in [6.45, 7) is 1.58. The minimum absolute atomic E-state index is 0.0482. The van der Waals surface area contributed by atoms with Crippen molar-refractivity contribution in [1.82, 2.24) is 9.97 Å². The van der Waals surface area contributed by atoms with Gasteiger partial charge >= 0.3 is 6.18 Å². The predicted molar refractivity (Wildman–Crippen MR) is 119 cm³/mol. The van der Waals surface area contributed by atoms with Crippen LogP contribution in [0.1, 0.15) is 29.7 Å². The first kappa shape index (κ1) is 21.9. The van der Waals surface area contributed by atoms with Crippen molar-refractivity contribution in [2.24, 2.45) is 5.41 Å². The Kier molecular flexibility index (Phi) is 5.40. The first-order chi connectivity index (χ1) is 15.7. The van der Waals surface area contributed by atoms with Crippen molar-refractivity contribution in [2.75, 3.05) is 23.3 Å². The molecule has 5 rings (SSSR count). The Hall–Kier alpha value is -2.93. The summed E-state index contributed by atoms with van der Waals surface area (Å²) in [6.07, 6.45) is -0.892.